The zero-order valence-corrected chi connectivity index (χ0v) is 24.8. The number of carbonyl (C=O) groups excluding carboxylic acids is 3. The number of ketones is 2. The highest BCUT2D eigenvalue weighted by molar-refractivity contribution is 6.09. The van der Waals surface area contributed by atoms with Gasteiger partial charge in [0.05, 0.1) is 24.7 Å². The predicted octanol–water partition coefficient (Wildman–Crippen LogP) is 2.37. The first kappa shape index (κ1) is 30.2. The average molecular weight is 580 g/mol. The third kappa shape index (κ3) is 4.12. The molecule has 9 heteroatoms. The molecule has 0 aliphatic heterocycles. The number of aliphatic hydroxyl groups is 3. The van der Waals surface area contributed by atoms with Gasteiger partial charge >= 0.3 is 0 Å². The maximum absolute atomic E-state index is 14.2. The van der Waals surface area contributed by atoms with Crippen molar-refractivity contribution >= 4 is 17.5 Å². The smallest absolute Gasteiger partial charge is 0.230 e. The Hall–Kier alpha value is -3.27. The van der Waals surface area contributed by atoms with Crippen LogP contribution in [0.2, 0.25) is 0 Å². The molecule has 2 unspecified atom stereocenters. The van der Waals surface area contributed by atoms with E-state index in [0.717, 1.165) is 16.9 Å². The van der Waals surface area contributed by atoms with Crippen molar-refractivity contribution in [2.45, 2.75) is 71.2 Å². The van der Waals surface area contributed by atoms with Crippen molar-refractivity contribution in [1.29, 1.82) is 0 Å². The molecule has 42 heavy (non-hydrogen) atoms. The van der Waals surface area contributed by atoms with Crippen molar-refractivity contribution in [1.82, 2.24) is 0 Å². The summed E-state index contributed by atoms with van der Waals surface area (Å²) in [5.41, 5.74) is 3.45. The van der Waals surface area contributed by atoms with Gasteiger partial charge in [-0.15, -0.1) is 0 Å². The van der Waals surface area contributed by atoms with Crippen LogP contribution < -0.4 is 10.5 Å². The summed E-state index contributed by atoms with van der Waals surface area (Å²) >= 11 is 0. The van der Waals surface area contributed by atoms with Crippen LogP contribution in [0.15, 0.2) is 36.4 Å². The molecule has 0 aromatic heterocycles. The minimum atomic E-state index is -2.51. The lowest BCUT2D eigenvalue weighted by atomic mass is 9.39. The van der Waals surface area contributed by atoms with Gasteiger partial charge in [-0.2, -0.15) is 0 Å². The normalized spacial score (nSPS) is 35.8. The molecule has 9 nitrogen and oxygen atoms in total. The Bertz CT molecular complexity index is 1440. The number of benzene rings is 2. The van der Waals surface area contributed by atoms with Gasteiger partial charge in [0.1, 0.15) is 23.5 Å². The molecule has 2 saturated carbocycles. The van der Waals surface area contributed by atoms with E-state index in [1.54, 1.807) is 14.0 Å². The van der Waals surface area contributed by atoms with Gasteiger partial charge in [0.2, 0.25) is 5.91 Å². The summed E-state index contributed by atoms with van der Waals surface area (Å²) in [6.45, 7) is 7.17. The second-order valence-electron chi connectivity index (χ2n) is 13.4. The molecule has 0 spiro atoms. The number of Topliss-reactive ketones (excluding diaryl/α,β-unsaturated/α-hetero) is 2. The second-order valence-corrected chi connectivity index (χ2v) is 13.4. The van der Waals surface area contributed by atoms with E-state index in [9.17, 15) is 34.8 Å². The van der Waals surface area contributed by atoms with Crippen molar-refractivity contribution in [2.75, 3.05) is 7.11 Å². The Labute approximate surface area is 245 Å². The Morgan fingerprint density at radius 1 is 1.07 bits per heavy atom. The fourth-order valence-electron chi connectivity index (χ4n) is 8.90. The highest BCUT2D eigenvalue weighted by atomic mass is 16.5. The van der Waals surface area contributed by atoms with Crippen LogP contribution in [-0.2, 0) is 28.9 Å². The van der Waals surface area contributed by atoms with Gasteiger partial charge in [0.25, 0.3) is 0 Å². The number of phenols is 1. The van der Waals surface area contributed by atoms with E-state index < -0.39 is 63.9 Å². The van der Waals surface area contributed by atoms with Crippen LogP contribution in [0.1, 0.15) is 61.2 Å². The number of fused-ring (bicyclic) bond motifs is 3. The Morgan fingerprint density at radius 3 is 2.29 bits per heavy atom. The molecular weight excluding hydrogens is 538 g/mol. The van der Waals surface area contributed by atoms with E-state index in [0.29, 0.717) is 24.8 Å². The van der Waals surface area contributed by atoms with Crippen LogP contribution in [0.25, 0.3) is 0 Å². The number of hydrogen-bond acceptors (Lipinski definition) is 8. The highest BCUT2D eigenvalue weighted by Crippen LogP contribution is 2.65. The Morgan fingerprint density at radius 2 is 1.71 bits per heavy atom. The molecule has 2 fully saturated rings. The number of aliphatic hydroxyl groups excluding tert-OH is 2. The van der Waals surface area contributed by atoms with Crippen LogP contribution in [-0.4, -0.2) is 62.8 Å². The molecule has 0 bridgehead atoms. The third-order valence-electron chi connectivity index (χ3n) is 10.6. The van der Waals surface area contributed by atoms with Gasteiger partial charge < -0.3 is 30.9 Å². The van der Waals surface area contributed by atoms with Gasteiger partial charge in [0, 0.05) is 5.41 Å². The van der Waals surface area contributed by atoms with Gasteiger partial charge in [0.15, 0.2) is 17.2 Å². The SMILES string of the molecule is COc1ccc(CCc2ccc(O)c3c2C[C@]2(C)C[C@]4(C)[C@@H](C(C)C)C(O)[C@@H](C(N)=O)C(=O)[C@]4(O)C(O)[C@H]2C3=O)cc1. The summed E-state index contributed by atoms with van der Waals surface area (Å²) in [6, 6.07) is 11.0. The lowest BCUT2D eigenvalue weighted by molar-refractivity contribution is -0.265. The first-order chi connectivity index (χ1) is 19.6. The molecule has 0 heterocycles. The molecule has 3 aliphatic rings. The largest absolute Gasteiger partial charge is 0.507 e. The number of methoxy groups -OCH3 is 1. The Kier molecular flexibility index (Phi) is 7.32. The maximum atomic E-state index is 14.2. The number of ether oxygens (including phenoxy) is 1. The minimum absolute atomic E-state index is 0.0890. The van der Waals surface area contributed by atoms with Crippen molar-refractivity contribution in [3.63, 3.8) is 0 Å². The van der Waals surface area contributed by atoms with Crippen molar-refractivity contribution < 1.29 is 39.5 Å². The molecule has 1 amide bonds. The molecule has 0 radical (unpaired) electrons. The molecule has 0 saturated heterocycles. The van der Waals surface area contributed by atoms with E-state index in [1.807, 2.05) is 51.1 Å². The van der Waals surface area contributed by atoms with Crippen LogP contribution in [0.3, 0.4) is 0 Å². The molecule has 5 rings (SSSR count). The molecule has 2 aromatic carbocycles. The standard InChI is InChI=1S/C33H41NO8/c1-16(2)24-27(37)23(30(34)40)28(38)33(41)29(39)25-26(36)22-20(14-31(25,3)15-32(24,33)4)18(10-13-21(22)35)9-6-17-7-11-19(42-5)12-8-17/h7-8,10-13,16,23-25,27,29,35,37,39,41H,6,9,14-15H2,1-5H3,(H2,34,40)/t23-,24+,25-,27?,29?,31-,32-,33+/m1/s1. The number of nitrogens with two attached hydrogens (primary N) is 1. The van der Waals surface area contributed by atoms with E-state index in [1.165, 1.54) is 6.07 Å². The van der Waals surface area contributed by atoms with Crippen LogP contribution in [0, 0.1) is 34.5 Å². The highest BCUT2D eigenvalue weighted by Gasteiger charge is 2.75. The number of carbonyl (C=O) groups is 3. The third-order valence-corrected chi connectivity index (χ3v) is 10.6. The van der Waals surface area contributed by atoms with E-state index in [2.05, 4.69) is 0 Å². The van der Waals surface area contributed by atoms with Crippen LogP contribution in [0.5, 0.6) is 11.5 Å². The van der Waals surface area contributed by atoms with Crippen molar-refractivity contribution in [3.8, 4) is 11.5 Å². The zero-order valence-electron chi connectivity index (χ0n) is 24.8. The molecule has 3 aliphatic carbocycles. The average Bonchev–Trinajstić information content (AvgIpc) is 2.90. The number of primary amides is 1. The summed E-state index contributed by atoms with van der Waals surface area (Å²) in [7, 11) is 1.61. The number of rotatable bonds is 6. The summed E-state index contributed by atoms with van der Waals surface area (Å²) in [6.07, 6.45) is -1.63. The molecular formula is C33H41NO8. The lowest BCUT2D eigenvalue weighted by Crippen LogP contribution is -2.79. The zero-order chi connectivity index (χ0) is 30.9. The second kappa shape index (κ2) is 10.2. The van der Waals surface area contributed by atoms with E-state index in [-0.39, 0.29) is 23.7 Å². The van der Waals surface area contributed by atoms with Gasteiger partial charge in [-0.05, 0) is 77.8 Å². The van der Waals surface area contributed by atoms with E-state index in [4.69, 9.17) is 10.5 Å². The number of amides is 1. The minimum Gasteiger partial charge on any atom is -0.507 e. The maximum Gasteiger partial charge on any atom is 0.230 e. The van der Waals surface area contributed by atoms with Crippen LogP contribution >= 0.6 is 0 Å². The van der Waals surface area contributed by atoms with Gasteiger partial charge in [-0.25, -0.2) is 0 Å². The summed E-state index contributed by atoms with van der Waals surface area (Å²) in [4.78, 5) is 40.4. The molecule has 2 aromatic rings. The molecule has 6 N–H and O–H groups in total. The first-order valence-electron chi connectivity index (χ1n) is 14.6. The molecule has 8 atom stereocenters. The topological polar surface area (TPSA) is 167 Å². The monoisotopic (exact) mass is 579 g/mol. The summed E-state index contributed by atoms with van der Waals surface area (Å²) in [5.74, 6) is -6.21. The van der Waals surface area contributed by atoms with E-state index >= 15 is 0 Å². The van der Waals surface area contributed by atoms with Crippen molar-refractivity contribution in [3.05, 3.63) is 58.7 Å². The van der Waals surface area contributed by atoms with Gasteiger partial charge in [-0.1, -0.05) is 45.9 Å². The number of aromatic hydroxyl groups is 1. The summed E-state index contributed by atoms with van der Waals surface area (Å²) < 4.78 is 5.24. The fourth-order valence-corrected chi connectivity index (χ4v) is 8.90. The number of phenolic OH excluding ortho intramolecular Hbond substituents is 1. The summed E-state index contributed by atoms with van der Waals surface area (Å²) in [5, 5.41) is 46.3. The lowest BCUT2D eigenvalue weighted by Gasteiger charge is -2.66. The first-order valence-corrected chi connectivity index (χ1v) is 14.6. The fraction of sp³-hybridized carbons (Fsp3) is 0.545. The van der Waals surface area contributed by atoms with Crippen LogP contribution in [0.4, 0.5) is 0 Å². The number of aryl methyl sites for hydroxylation is 2. The number of hydrogen-bond donors (Lipinski definition) is 5. The molecule has 226 valence electrons. The quantitative estimate of drug-likeness (QED) is 0.325. The van der Waals surface area contributed by atoms with Gasteiger partial charge in [-0.3, -0.25) is 14.4 Å². The van der Waals surface area contributed by atoms with Crippen molar-refractivity contribution in [2.24, 2.45) is 40.2 Å². The Balaban J connectivity index is 1.60. The predicted molar refractivity (Wildman–Crippen MR) is 154 cm³/mol.